The van der Waals surface area contributed by atoms with Crippen molar-refractivity contribution < 1.29 is 9.18 Å². The Balaban J connectivity index is 1.54. The van der Waals surface area contributed by atoms with Crippen LogP contribution in [0, 0.1) is 5.82 Å². The van der Waals surface area contributed by atoms with Crippen molar-refractivity contribution in [1.82, 2.24) is 9.88 Å². The molecule has 0 saturated heterocycles. The smallest absolute Gasteiger partial charge is 0.322 e. The molecule has 0 aliphatic heterocycles. The zero-order chi connectivity index (χ0) is 20.9. The number of nitrogens with zero attached hydrogens (tertiary/aromatic N) is 1. The van der Waals surface area contributed by atoms with Crippen molar-refractivity contribution in [2.45, 2.75) is 13.0 Å². The number of anilines is 1. The van der Waals surface area contributed by atoms with Crippen molar-refractivity contribution >= 4 is 34.2 Å². The fourth-order valence-electron chi connectivity index (χ4n) is 3.45. The first-order chi connectivity index (χ1) is 14.6. The van der Waals surface area contributed by atoms with E-state index < -0.39 is 0 Å². The number of para-hydroxylation sites is 1. The fourth-order valence-corrected chi connectivity index (χ4v) is 3.64. The summed E-state index contributed by atoms with van der Waals surface area (Å²) in [6.45, 7) is 0.601. The van der Waals surface area contributed by atoms with Crippen LogP contribution in [0.3, 0.4) is 0 Å². The minimum absolute atomic E-state index is 0.168. The quantitative estimate of drug-likeness (QED) is 0.380. The van der Waals surface area contributed by atoms with E-state index in [1.165, 1.54) is 6.07 Å². The molecule has 0 aliphatic rings. The van der Waals surface area contributed by atoms with Gasteiger partial charge in [-0.05, 0) is 42.3 Å². The van der Waals surface area contributed by atoms with E-state index in [4.69, 9.17) is 11.6 Å². The molecule has 2 amide bonds. The molecule has 1 aromatic heterocycles. The summed E-state index contributed by atoms with van der Waals surface area (Å²) in [6, 6.07) is 21.2. The number of aromatic amines is 1. The third-order valence-electron chi connectivity index (χ3n) is 5.01. The summed E-state index contributed by atoms with van der Waals surface area (Å²) < 4.78 is 14.2. The fraction of sp³-hybridized carbons (Fsp3) is 0.125. The van der Waals surface area contributed by atoms with Gasteiger partial charge in [-0.3, -0.25) is 0 Å². The minimum Gasteiger partial charge on any atom is -0.361 e. The second-order valence-corrected chi connectivity index (χ2v) is 7.50. The monoisotopic (exact) mass is 421 g/mol. The Kier molecular flexibility index (Phi) is 6.00. The lowest BCUT2D eigenvalue weighted by molar-refractivity contribution is 0.209. The van der Waals surface area contributed by atoms with Gasteiger partial charge in [0.25, 0.3) is 0 Å². The Hall–Kier alpha value is -3.31. The first kappa shape index (κ1) is 20.0. The number of rotatable bonds is 6. The Morgan fingerprint density at radius 3 is 2.63 bits per heavy atom. The number of aromatic nitrogens is 1. The van der Waals surface area contributed by atoms with Gasteiger partial charge >= 0.3 is 6.03 Å². The number of hydrogen-bond acceptors (Lipinski definition) is 1. The molecule has 0 bridgehead atoms. The van der Waals surface area contributed by atoms with Gasteiger partial charge in [-0.2, -0.15) is 0 Å². The van der Waals surface area contributed by atoms with E-state index in [0.29, 0.717) is 29.2 Å². The molecule has 4 aromatic rings. The summed E-state index contributed by atoms with van der Waals surface area (Å²) in [5.41, 5.74) is 3.23. The van der Waals surface area contributed by atoms with Crippen LogP contribution in [0.1, 0.15) is 11.1 Å². The molecule has 6 heteroatoms. The van der Waals surface area contributed by atoms with E-state index in [-0.39, 0.29) is 18.4 Å². The highest BCUT2D eigenvalue weighted by atomic mass is 35.5. The standard InChI is InChI=1S/C24H21ClFN3O/c25-19-7-5-8-20(14-19)28-24(30)29(16-18-6-1-3-10-22(18)26)13-12-17-15-27-23-11-4-2-9-21(17)23/h1-11,14-15,27H,12-13,16H2,(H,28,30). The summed E-state index contributed by atoms with van der Waals surface area (Å²) in [7, 11) is 0. The molecule has 0 saturated carbocycles. The van der Waals surface area contributed by atoms with Crippen molar-refractivity contribution in [3.63, 3.8) is 0 Å². The zero-order valence-electron chi connectivity index (χ0n) is 16.2. The van der Waals surface area contributed by atoms with Crippen LogP contribution in [-0.4, -0.2) is 22.5 Å². The molecule has 3 aromatic carbocycles. The average molecular weight is 422 g/mol. The number of amides is 2. The summed E-state index contributed by atoms with van der Waals surface area (Å²) in [4.78, 5) is 17.9. The normalized spacial score (nSPS) is 10.9. The lowest BCUT2D eigenvalue weighted by atomic mass is 10.1. The maximum Gasteiger partial charge on any atom is 0.322 e. The van der Waals surface area contributed by atoms with Gasteiger partial charge < -0.3 is 15.2 Å². The number of halogens is 2. The van der Waals surface area contributed by atoms with E-state index >= 15 is 0 Å². The van der Waals surface area contributed by atoms with Crippen LogP contribution in [-0.2, 0) is 13.0 Å². The highest BCUT2D eigenvalue weighted by Crippen LogP contribution is 2.20. The van der Waals surface area contributed by atoms with Crippen LogP contribution in [0.25, 0.3) is 10.9 Å². The average Bonchev–Trinajstić information content (AvgIpc) is 3.15. The molecule has 0 radical (unpaired) electrons. The van der Waals surface area contributed by atoms with Gasteiger partial charge in [0, 0.05) is 39.9 Å². The lowest BCUT2D eigenvalue weighted by Gasteiger charge is -2.23. The highest BCUT2D eigenvalue weighted by Gasteiger charge is 2.17. The second-order valence-electron chi connectivity index (χ2n) is 7.06. The topological polar surface area (TPSA) is 48.1 Å². The Labute approximate surface area is 179 Å². The molecule has 152 valence electrons. The lowest BCUT2D eigenvalue weighted by Crippen LogP contribution is -2.36. The third-order valence-corrected chi connectivity index (χ3v) is 5.24. The summed E-state index contributed by atoms with van der Waals surface area (Å²) >= 11 is 6.02. The molecule has 0 aliphatic carbocycles. The maximum atomic E-state index is 14.2. The van der Waals surface area contributed by atoms with Gasteiger partial charge in [0.15, 0.2) is 0 Å². The highest BCUT2D eigenvalue weighted by molar-refractivity contribution is 6.30. The largest absolute Gasteiger partial charge is 0.361 e. The van der Waals surface area contributed by atoms with E-state index in [2.05, 4.69) is 16.4 Å². The number of carbonyl (C=O) groups excluding carboxylic acids is 1. The minimum atomic E-state index is -0.329. The molecule has 0 unspecified atom stereocenters. The Morgan fingerprint density at radius 1 is 1.00 bits per heavy atom. The number of nitrogens with one attached hydrogen (secondary N) is 2. The van der Waals surface area contributed by atoms with Gasteiger partial charge in [-0.25, -0.2) is 9.18 Å². The van der Waals surface area contributed by atoms with Crippen molar-refractivity contribution in [2.75, 3.05) is 11.9 Å². The second kappa shape index (κ2) is 9.01. The molecule has 0 spiro atoms. The predicted molar refractivity (Wildman–Crippen MR) is 119 cm³/mol. The summed E-state index contributed by atoms with van der Waals surface area (Å²) in [5.74, 6) is -0.329. The Bertz CT molecular complexity index is 1170. The van der Waals surface area contributed by atoms with Gasteiger partial charge in [-0.15, -0.1) is 0 Å². The van der Waals surface area contributed by atoms with Gasteiger partial charge in [-0.1, -0.05) is 54.1 Å². The maximum absolute atomic E-state index is 14.2. The van der Waals surface area contributed by atoms with Gasteiger partial charge in [0.05, 0.1) is 6.54 Å². The SMILES string of the molecule is O=C(Nc1cccc(Cl)c1)N(CCc1c[nH]c2ccccc12)Cc1ccccc1F. The van der Waals surface area contributed by atoms with Crippen molar-refractivity contribution in [2.24, 2.45) is 0 Å². The predicted octanol–water partition coefficient (Wildman–Crippen LogP) is 6.24. The molecule has 4 rings (SSSR count). The summed E-state index contributed by atoms with van der Waals surface area (Å²) in [5, 5.41) is 4.52. The summed E-state index contributed by atoms with van der Waals surface area (Å²) in [6.07, 6.45) is 2.60. The molecule has 2 N–H and O–H groups in total. The van der Waals surface area contributed by atoms with Crippen molar-refractivity contribution in [3.8, 4) is 0 Å². The van der Waals surface area contributed by atoms with Crippen LogP contribution in [0.15, 0.2) is 79.0 Å². The van der Waals surface area contributed by atoms with Crippen LogP contribution >= 0.6 is 11.6 Å². The van der Waals surface area contributed by atoms with Crippen molar-refractivity contribution in [1.29, 1.82) is 0 Å². The molecule has 0 fully saturated rings. The van der Waals surface area contributed by atoms with Crippen LogP contribution in [0.4, 0.5) is 14.9 Å². The number of fused-ring (bicyclic) bond motifs is 1. The van der Waals surface area contributed by atoms with Crippen LogP contribution in [0.5, 0.6) is 0 Å². The van der Waals surface area contributed by atoms with E-state index in [1.54, 1.807) is 47.4 Å². The van der Waals surface area contributed by atoms with Crippen LogP contribution < -0.4 is 5.32 Å². The van der Waals surface area contributed by atoms with E-state index in [9.17, 15) is 9.18 Å². The number of urea groups is 1. The third kappa shape index (κ3) is 4.63. The van der Waals surface area contributed by atoms with E-state index in [1.807, 2.05) is 24.4 Å². The molecule has 0 atom stereocenters. The van der Waals surface area contributed by atoms with Crippen LogP contribution in [0.2, 0.25) is 5.02 Å². The van der Waals surface area contributed by atoms with Gasteiger partial charge in [0.1, 0.15) is 5.82 Å². The van der Waals surface area contributed by atoms with Gasteiger partial charge in [0.2, 0.25) is 0 Å². The molecular formula is C24H21ClFN3O. The molecular weight excluding hydrogens is 401 g/mol. The zero-order valence-corrected chi connectivity index (χ0v) is 17.0. The molecule has 4 nitrogen and oxygen atoms in total. The van der Waals surface area contributed by atoms with E-state index in [0.717, 1.165) is 16.5 Å². The number of benzene rings is 3. The van der Waals surface area contributed by atoms with Crippen molar-refractivity contribution in [3.05, 3.63) is 101 Å². The first-order valence-electron chi connectivity index (χ1n) is 9.70. The number of H-pyrrole nitrogens is 1. The molecule has 1 heterocycles. The Morgan fingerprint density at radius 2 is 1.80 bits per heavy atom. The first-order valence-corrected chi connectivity index (χ1v) is 10.1. The number of hydrogen-bond donors (Lipinski definition) is 2. The molecule has 30 heavy (non-hydrogen) atoms. The number of carbonyl (C=O) groups is 1.